The molecule has 0 heterocycles. The van der Waals surface area contributed by atoms with Gasteiger partial charge in [0.15, 0.2) is 0 Å². The summed E-state index contributed by atoms with van der Waals surface area (Å²) in [5.41, 5.74) is 3.09. The first-order chi connectivity index (χ1) is 14.0. The molecule has 150 valence electrons. The Morgan fingerprint density at radius 2 is 1.69 bits per heavy atom. The highest BCUT2D eigenvalue weighted by molar-refractivity contribution is 5.98. The topological polar surface area (TPSA) is 59.0 Å². The van der Waals surface area contributed by atoms with E-state index in [0.717, 1.165) is 11.1 Å². The molecule has 0 saturated heterocycles. The van der Waals surface area contributed by atoms with Crippen LogP contribution in [0.4, 0.5) is 0 Å². The van der Waals surface area contributed by atoms with Crippen molar-refractivity contribution < 1.29 is 19.4 Å². The van der Waals surface area contributed by atoms with E-state index >= 15 is 0 Å². The van der Waals surface area contributed by atoms with Crippen molar-refractivity contribution in [2.45, 2.75) is 6.10 Å². The lowest BCUT2D eigenvalue weighted by Crippen LogP contribution is -2.31. The van der Waals surface area contributed by atoms with E-state index < -0.39 is 6.10 Å². The highest BCUT2D eigenvalue weighted by Gasteiger charge is 2.21. The zero-order valence-electron chi connectivity index (χ0n) is 16.8. The van der Waals surface area contributed by atoms with Gasteiger partial charge in [-0.25, -0.2) is 0 Å². The first-order valence-corrected chi connectivity index (χ1v) is 9.34. The second kappa shape index (κ2) is 9.26. The predicted octanol–water partition coefficient (Wildman–Crippen LogP) is 4.18. The van der Waals surface area contributed by atoms with Crippen molar-refractivity contribution in [1.29, 1.82) is 0 Å². The average Bonchev–Trinajstić information content (AvgIpc) is 2.78. The van der Waals surface area contributed by atoms with Gasteiger partial charge in [0.2, 0.25) is 0 Å². The molecule has 5 heteroatoms. The van der Waals surface area contributed by atoms with E-state index in [9.17, 15) is 9.90 Å². The van der Waals surface area contributed by atoms with Crippen molar-refractivity contribution in [1.82, 2.24) is 4.90 Å². The van der Waals surface area contributed by atoms with Crippen LogP contribution in [-0.4, -0.2) is 43.7 Å². The third-order valence-corrected chi connectivity index (χ3v) is 4.81. The molecule has 0 bridgehead atoms. The molecule has 0 radical (unpaired) electrons. The fourth-order valence-corrected chi connectivity index (χ4v) is 3.19. The van der Waals surface area contributed by atoms with Crippen LogP contribution in [0.1, 0.15) is 22.0 Å². The Bertz CT molecular complexity index is 972. The Morgan fingerprint density at radius 1 is 0.931 bits per heavy atom. The van der Waals surface area contributed by atoms with E-state index in [4.69, 9.17) is 9.47 Å². The van der Waals surface area contributed by atoms with Gasteiger partial charge in [-0.3, -0.25) is 4.79 Å². The molecule has 5 nitrogen and oxygen atoms in total. The summed E-state index contributed by atoms with van der Waals surface area (Å²) in [5.74, 6) is 0.937. The molecule has 1 unspecified atom stereocenters. The van der Waals surface area contributed by atoms with Gasteiger partial charge in [0.1, 0.15) is 11.5 Å². The molecule has 0 aromatic heterocycles. The molecule has 3 aromatic carbocycles. The molecule has 1 N–H and O–H groups in total. The third kappa shape index (κ3) is 4.76. The van der Waals surface area contributed by atoms with E-state index in [1.165, 1.54) is 4.90 Å². The van der Waals surface area contributed by atoms with Crippen LogP contribution >= 0.6 is 0 Å². The summed E-state index contributed by atoms with van der Waals surface area (Å²) in [7, 11) is 4.78. The molecular weight excluding hydrogens is 366 g/mol. The van der Waals surface area contributed by atoms with Crippen LogP contribution in [0.5, 0.6) is 11.5 Å². The maximum atomic E-state index is 13.1. The molecule has 0 aliphatic heterocycles. The number of rotatable bonds is 7. The van der Waals surface area contributed by atoms with Crippen LogP contribution in [0.25, 0.3) is 11.1 Å². The molecule has 1 amide bonds. The second-order valence-electron chi connectivity index (χ2n) is 6.76. The smallest absolute Gasteiger partial charge is 0.257 e. The minimum Gasteiger partial charge on any atom is -0.497 e. The van der Waals surface area contributed by atoms with Crippen LogP contribution < -0.4 is 9.47 Å². The summed E-state index contributed by atoms with van der Waals surface area (Å²) >= 11 is 0. The molecular formula is C24H25NO4. The lowest BCUT2D eigenvalue weighted by molar-refractivity contribution is 0.0677. The Labute approximate surface area is 171 Å². The van der Waals surface area contributed by atoms with Crippen LogP contribution in [-0.2, 0) is 0 Å². The number of methoxy groups -OCH3 is 2. The average molecular weight is 391 g/mol. The zero-order chi connectivity index (χ0) is 20.8. The summed E-state index contributed by atoms with van der Waals surface area (Å²) in [5, 5.41) is 10.6. The Kier molecular flexibility index (Phi) is 6.52. The van der Waals surface area contributed by atoms with Crippen molar-refractivity contribution in [3.05, 3.63) is 83.9 Å². The SMILES string of the molecule is COc1cccc(C(O)CN(C)C(=O)c2cc(-c3ccccc3)ccc2OC)c1. The highest BCUT2D eigenvalue weighted by atomic mass is 16.5. The molecule has 3 aromatic rings. The largest absolute Gasteiger partial charge is 0.497 e. The van der Waals surface area contributed by atoms with Crippen molar-refractivity contribution >= 4 is 5.91 Å². The van der Waals surface area contributed by atoms with Gasteiger partial charge in [-0.15, -0.1) is 0 Å². The maximum absolute atomic E-state index is 13.1. The minimum atomic E-state index is -0.831. The zero-order valence-corrected chi connectivity index (χ0v) is 16.8. The van der Waals surface area contributed by atoms with Crippen molar-refractivity contribution in [2.75, 3.05) is 27.8 Å². The molecule has 0 fully saturated rings. The van der Waals surface area contributed by atoms with E-state index in [-0.39, 0.29) is 12.5 Å². The predicted molar refractivity (Wildman–Crippen MR) is 113 cm³/mol. The number of nitrogens with zero attached hydrogens (tertiary/aromatic N) is 1. The van der Waals surface area contributed by atoms with E-state index in [2.05, 4.69) is 0 Å². The summed E-state index contributed by atoms with van der Waals surface area (Å²) in [6.07, 6.45) is -0.831. The normalized spacial score (nSPS) is 11.6. The molecule has 0 saturated carbocycles. The van der Waals surface area contributed by atoms with Gasteiger partial charge in [-0.05, 0) is 41.0 Å². The number of hydrogen-bond donors (Lipinski definition) is 1. The van der Waals surface area contributed by atoms with Gasteiger partial charge in [0.05, 0.1) is 32.4 Å². The number of amides is 1. The Hall–Kier alpha value is -3.31. The van der Waals surface area contributed by atoms with E-state index in [0.29, 0.717) is 22.6 Å². The third-order valence-electron chi connectivity index (χ3n) is 4.81. The molecule has 1 atom stereocenters. The fraction of sp³-hybridized carbons (Fsp3) is 0.208. The summed E-state index contributed by atoms with van der Waals surface area (Å²) in [6, 6.07) is 22.6. The number of hydrogen-bond acceptors (Lipinski definition) is 4. The standard InChI is InChI=1S/C24H25NO4/c1-25(16-22(26)19-10-7-11-20(14-19)28-2)24(27)21-15-18(12-13-23(21)29-3)17-8-5-4-6-9-17/h4-15,22,26H,16H2,1-3H3. The number of ether oxygens (including phenoxy) is 2. The van der Waals surface area contributed by atoms with E-state index in [1.807, 2.05) is 60.7 Å². The highest BCUT2D eigenvalue weighted by Crippen LogP contribution is 2.28. The number of likely N-dealkylation sites (N-methyl/N-ethyl adjacent to an activating group) is 1. The number of aliphatic hydroxyl groups is 1. The fourth-order valence-electron chi connectivity index (χ4n) is 3.19. The summed E-state index contributed by atoms with van der Waals surface area (Å²) < 4.78 is 10.6. The van der Waals surface area contributed by atoms with Gasteiger partial charge in [-0.2, -0.15) is 0 Å². The van der Waals surface area contributed by atoms with Gasteiger partial charge >= 0.3 is 0 Å². The van der Waals surface area contributed by atoms with Gasteiger partial charge in [-0.1, -0.05) is 48.5 Å². The minimum absolute atomic E-state index is 0.144. The Balaban J connectivity index is 1.82. The number of carbonyl (C=O) groups excluding carboxylic acids is 1. The first kappa shape index (κ1) is 20.4. The van der Waals surface area contributed by atoms with Crippen LogP contribution in [0.15, 0.2) is 72.8 Å². The second-order valence-corrected chi connectivity index (χ2v) is 6.76. The molecule has 29 heavy (non-hydrogen) atoms. The number of benzene rings is 3. The maximum Gasteiger partial charge on any atom is 0.257 e. The quantitative estimate of drug-likeness (QED) is 0.657. The van der Waals surface area contributed by atoms with E-state index in [1.54, 1.807) is 33.4 Å². The van der Waals surface area contributed by atoms with Gasteiger partial charge in [0.25, 0.3) is 5.91 Å². The van der Waals surface area contributed by atoms with Crippen LogP contribution in [0.2, 0.25) is 0 Å². The monoisotopic (exact) mass is 391 g/mol. The molecule has 3 rings (SSSR count). The molecule has 0 aliphatic rings. The van der Waals surface area contributed by atoms with Gasteiger partial charge in [0, 0.05) is 7.05 Å². The van der Waals surface area contributed by atoms with Crippen LogP contribution in [0, 0.1) is 0 Å². The number of carbonyl (C=O) groups is 1. The van der Waals surface area contributed by atoms with Crippen LogP contribution in [0.3, 0.4) is 0 Å². The number of aliphatic hydroxyl groups excluding tert-OH is 1. The van der Waals surface area contributed by atoms with Crippen molar-refractivity contribution in [3.63, 3.8) is 0 Å². The summed E-state index contributed by atoms with van der Waals surface area (Å²) in [4.78, 5) is 14.6. The first-order valence-electron chi connectivity index (χ1n) is 9.34. The van der Waals surface area contributed by atoms with Crippen molar-refractivity contribution in [3.8, 4) is 22.6 Å². The molecule has 0 spiro atoms. The Morgan fingerprint density at radius 3 is 2.38 bits per heavy atom. The lowest BCUT2D eigenvalue weighted by Gasteiger charge is -2.22. The van der Waals surface area contributed by atoms with Crippen molar-refractivity contribution in [2.24, 2.45) is 0 Å². The summed E-state index contributed by atoms with van der Waals surface area (Å²) in [6.45, 7) is 0.144. The van der Waals surface area contributed by atoms with Gasteiger partial charge < -0.3 is 19.5 Å². The molecule has 0 aliphatic carbocycles. The lowest BCUT2D eigenvalue weighted by atomic mass is 10.0.